The van der Waals surface area contributed by atoms with Gasteiger partial charge in [0.25, 0.3) is 5.56 Å². The van der Waals surface area contributed by atoms with Crippen LogP contribution in [0.25, 0.3) is 0 Å². The summed E-state index contributed by atoms with van der Waals surface area (Å²) in [4.78, 5) is 36.1. The number of rotatable bonds is 4. The molecule has 1 heterocycles. The maximum atomic E-state index is 11.5. The maximum absolute atomic E-state index is 11.5. The molecule has 0 spiro atoms. The summed E-state index contributed by atoms with van der Waals surface area (Å²) in [7, 11) is 1.30. The van der Waals surface area contributed by atoms with Gasteiger partial charge in [-0.2, -0.15) is 4.98 Å². The third-order valence-corrected chi connectivity index (χ3v) is 2.08. The first kappa shape index (κ1) is 17.2. The zero-order chi connectivity index (χ0) is 13.2. The predicted octanol–water partition coefficient (Wildman–Crippen LogP) is -4.69. The second kappa shape index (κ2) is 6.94. The van der Waals surface area contributed by atoms with E-state index in [4.69, 9.17) is 5.73 Å². The molecule has 1 rings (SSSR count). The van der Waals surface area contributed by atoms with Crippen LogP contribution in [0.4, 0.5) is 17.5 Å². The first-order valence-corrected chi connectivity index (χ1v) is 4.55. The van der Waals surface area contributed by atoms with E-state index in [1.54, 1.807) is 0 Å². The van der Waals surface area contributed by atoms with Crippen LogP contribution in [0, 0.1) is 4.91 Å². The Morgan fingerprint density at radius 1 is 1.61 bits per heavy atom. The second-order valence-electron chi connectivity index (χ2n) is 3.31. The Balaban J connectivity index is 0.00000289. The number of nitrogens with one attached hydrogen (secondary N) is 1. The monoisotopic (exact) mass is 279 g/mol. The molecule has 0 radical (unpaired) electrons. The summed E-state index contributed by atoms with van der Waals surface area (Å²) < 4.78 is 0.937. The smallest absolute Gasteiger partial charge is 0.548 e. The van der Waals surface area contributed by atoms with Gasteiger partial charge < -0.3 is 21.0 Å². The number of carboxylic acids is 1. The number of aromatic nitrogens is 2. The summed E-state index contributed by atoms with van der Waals surface area (Å²) in [6, 6.07) is -1.07. The maximum Gasteiger partial charge on any atom is 1.00 e. The van der Waals surface area contributed by atoms with Crippen LogP contribution in [0.3, 0.4) is 0 Å². The van der Waals surface area contributed by atoms with Gasteiger partial charge in [0.2, 0.25) is 11.6 Å². The molecule has 0 unspecified atom stereocenters. The molecular formula is C8H10KN5O4. The Morgan fingerprint density at radius 3 is 2.61 bits per heavy atom. The molecule has 0 saturated carbocycles. The van der Waals surface area contributed by atoms with Crippen molar-refractivity contribution in [2.75, 3.05) is 11.1 Å². The molecular weight excluding hydrogens is 269 g/mol. The molecule has 0 fully saturated rings. The number of nitroso groups, excluding NO2 is 1. The minimum Gasteiger partial charge on any atom is -0.548 e. The molecule has 0 amide bonds. The zero-order valence-electron chi connectivity index (χ0n) is 10.1. The molecule has 10 heteroatoms. The first-order valence-electron chi connectivity index (χ1n) is 4.55. The molecule has 1 aromatic heterocycles. The van der Waals surface area contributed by atoms with Crippen molar-refractivity contribution in [3.63, 3.8) is 0 Å². The third-order valence-electron chi connectivity index (χ3n) is 2.08. The van der Waals surface area contributed by atoms with E-state index in [1.807, 2.05) is 0 Å². The number of carbonyl (C=O) groups excluding carboxylic acids is 1. The Morgan fingerprint density at radius 2 is 2.17 bits per heavy atom. The Bertz CT molecular complexity index is 529. The number of hydrogen-bond acceptors (Lipinski definition) is 8. The largest absolute Gasteiger partial charge is 1.00 e. The molecule has 0 bridgehead atoms. The van der Waals surface area contributed by atoms with Gasteiger partial charge in [-0.05, 0) is 12.1 Å². The number of carboxylic acid groups (broad SMARTS) is 1. The van der Waals surface area contributed by atoms with E-state index in [0.29, 0.717) is 0 Å². The van der Waals surface area contributed by atoms with Crippen LogP contribution in [-0.2, 0) is 11.8 Å². The molecule has 3 N–H and O–H groups in total. The standard InChI is InChI=1S/C8H11N5O4.K/c1-3(7(15)16)10-8-11-5(9)4(12-17)6(14)13(8)2;/h3H,9H2,1-2H3,(H,10,11)(H,15,16);/q;+1/p-1/t3-;/m0./s1. The van der Waals surface area contributed by atoms with Crippen molar-refractivity contribution in [1.29, 1.82) is 0 Å². The first-order chi connectivity index (χ1) is 7.88. The van der Waals surface area contributed by atoms with Crippen molar-refractivity contribution >= 4 is 23.4 Å². The number of nitrogen functional groups attached to an aromatic ring is 1. The summed E-state index contributed by atoms with van der Waals surface area (Å²) in [6.45, 7) is 1.31. The van der Waals surface area contributed by atoms with Crippen LogP contribution in [-0.4, -0.2) is 21.6 Å². The summed E-state index contributed by atoms with van der Waals surface area (Å²) in [5, 5.41) is 15.4. The van der Waals surface area contributed by atoms with Crippen LogP contribution >= 0.6 is 0 Å². The summed E-state index contributed by atoms with van der Waals surface area (Å²) in [5.41, 5.74) is 4.05. The molecule has 0 saturated heterocycles. The summed E-state index contributed by atoms with van der Waals surface area (Å²) in [5.74, 6) is -1.82. The molecule has 0 aliphatic heterocycles. The van der Waals surface area contributed by atoms with Gasteiger partial charge in [0, 0.05) is 7.05 Å². The van der Waals surface area contributed by atoms with Crippen molar-refractivity contribution in [1.82, 2.24) is 9.55 Å². The van der Waals surface area contributed by atoms with Crippen LogP contribution < -0.4 is 73.1 Å². The van der Waals surface area contributed by atoms with E-state index < -0.39 is 23.3 Å². The van der Waals surface area contributed by atoms with Gasteiger partial charge in [-0.3, -0.25) is 9.36 Å². The van der Waals surface area contributed by atoms with Crippen LogP contribution in [0.1, 0.15) is 6.92 Å². The van der Waals surface area contributed by atoms with Crippen LogP contribution in [0.5, 0.6) is 0 Å². The Hall–Kier alpha value is -0.814. The summed E-state index contributed by atoms with van der Waals surface area (Å²) >= 11 is 0. The summed E-state index contributed by atoms with van der Waals surface area (Å²) in [6.07, 6.45) is 0. The fourth-order valence-corrected chi connectivity index (χ4v) is 1.07. The fourth-order valence-electron chi connectivity index (χ4n) is 1.07. The van der Waals surface area contributed by atoms with E-state index in [-0.39, 0.29) is 63.2 Å². The van der Waals surface area contributed by atoms with Gasteiger partial charge in [0.05, 0.1) is 12.0 Å². The van der Waals surface area contributed by atoms with E-state index >= 15 is 0 Å². The van der Waals surface area contributed by atoms with E-state index in [0.717, 1.165) is 4.57 Å². The third kappa shape index (κ3) is 3.59. The SMILES string of the molecule is C[C@H](Nc1nc(N)c(N=O)c(=O)n1C)C(=O)[O-].[K+]. The number of nitrogens with zero attached hydrogens (tertiary/aromatic N) is 3. The molecule has 92 valence electrons. The van der Waals surface area contributed by atoms with Gasteiger partial charge in [-0.1, -0.05) is 0 Å². The second-order valence-corrected chi connectivity index (χ2v) is 3.31. The fraction of sp³-hybridized carbons (Fsp3) is 0.375. The van der Waals surface area contributed by atoms with Crippen LogP contribution in [0.15, 0.2) is 9.97 Å². The topological polar surface area (TPSA) is 142 Å². The average molecular weight is 279 g/mol. The normalized spacial score (nSPS) is 11.2. The number of nitrogens with two attached hydrogens (primary N) is 1. The average Bonchev–Trinajstić information content (AvgIpc) is 2.26. The van der Waals surface area contributed by atoms with Crippen molar-refractivity contribution in [3.05, 3.63) is 15.3 Å². The minimum atomic E-state index is -1.37. The number of hydrogen-bond donors (Lipinski definition) is 2. The van der Waals surface area contributed by atoms with E-state index in [2.05, 4.69) is 15.5 Å². The quantitative estimate of drug-likeness (QED) is 0.416. The predicted molar refractivity (Wildman–Crippen MR) is 57.4 cm³/mol. The van der Waals surface area contributed by atoms with Gasteiger partial charge in [0.1, 0.15) is 0 Å². The van der Waals surface area contributed by atoms with E-state index in [9.17, 15) is 19.6 Å². The molecule has 9 nitrogen and oxygen atoms in total. The van der Waals surface area contributed by atoms with E-state index in [1.165, 1.54) is 14.0 Å². The number of carbonyl (C=O) groups is 1. The number of anilines is 2. The molecule has 0 aromatic carbocycles. The van der Waals surface area contributed by atoms with Gasteiger partial charge in [-0.25, -0.2) is 0 Å². The van der Waals surface area contributed by atoms with Gasteiger partial charge >= 0.3 is 51.4 Å². The molecule has 1 atom stereocenters. The van der Waals surface area contributed by atoms with Crippen molar-refractivity contribution in [2.24, 2.45) is 12.2 Å². The van der Waals surface area contributed by atoms with Crippen molar-refractivity contribution in [3.8, 4) is 0 Å². The van der Waals surface area contributed by atoms with Gasteiger partial charge in [0.15, 0.2) is 5.82 Å². The van der Waals surface area contributed by atoms with Crippen molar-refractivity contribution in [2.45, 2.75) is 13.0 Å². The van der Waals surface area contributed by atoms with Crippen molar-refractivity contribution < 1.29 is 61.3 Å². The zero-order valence-corrected chi connectivity index (χ0v) is 13.3. The molecule has 18 heavy (non-hydrogen) atoms. The molecule has 0 aliphatic carbocycles. The van der Waals surface area contributed by atoms with Gasteiger partial charge in [-0.15, -0.1) is 4.91 Å². The van der Waals surface area contributed by atoms with Crippen LogP contribution in [0.2, 0.25) is 0 Å². The molecule has 1 aromatic rings. The Labute approximate surface area is 144 Å². The molecule has 0 aliphatic rings. The Kier molecular flexibility index (Phi) is 6.63. The number of aliphatic carboxylic acids is 1. The minimum absolute atomic E-state index is 0.